The van der Waals surface area contributed by atoms with Gasteiger partial charge in [0.1, 0.15) is 5.82 Å². The molecular weight excluding hydrogens is 342 g/mol. The van der Waals surface area contributed by atoms with Crippen LogP contribution in [0.1, 0.15) is 57.9 Å². The van der Waals surface area contributed by atoms with Crippen LogP contribution in [-0.4, -0.2) is 42.6 Å². The zero-order valence-corrected chi connectivity index (χ0v) is 16.6. The van der Waals surface area contributed by atoms with Crippen LogP contribution in [0.3, 0.4) is 0 Å². The lowest BCUT2D eigenvalue weighted by Gasteiger charge is -2.22. The summed E-state index contributed by atoms with van der Waals surface area (Å²) in [6.07, 6.45) is 7.88. The number of amides is 3. The molecule has 0 spiro atoms. The highest BCUT2D eigenvalue weighted by atomic mass is 16.2. The van der Waals surface area contributed by atoms with Crippen molar-refractivity contribution in [1.29, 1.82) is 0 Å². The Bertz CT molecular complexity index is 581. The lowest BCUT2D eigenvalue weighted by molar-refractivity contribution is -0.121. The molecule has 7 nitrogen and oxygen atoms in total. The summed E-state index contributed by atoms with van der Waals surface area (Å²) in [4.78, 5) is 30.4. The molecule has 0 aliphatic heterocycles. The van der Waals surface area contributed by atoms with Crippen molar-refractivity contribution in [3.8, 4) is 0 Å². The number of carbonyl (C=O) groups is 2. The number of rotatable bonds is 9. The zero-order chi connectivity index (χ0) is 19.5. The van der Waals surface area contributed by atoms with Gasteiger partial charge in [-0.15, -0.1) is 0 Å². The van der Waals surface area contributed by atoms with E-state index >= 15 is 0 Å². The van der Waals surface area contributed by atoms with Crippen molar-refractivity contribution in [2.75, 3.05) is 24.5 Å². The summed E-state index contributed by atoms with van der Waals surface area (Å²) < 4.78 is 0. The van der Waals surface area contributed by atoms with Crippen molar-refractivity contribution in [1.82, 2.24) is 20.9 Å². The lowest BCUT2D eigenvalue weighted by Crippen LogP contribution is -2.40. The Hall–Kier alpha value is -2.31. The number of aromatic nitrogens is 1. The molecule has 0 aromatic carbocycles. The molecule has 0 saturated heterocycles. The number of urea groups is 1. The number of hydrogen-bond donors (Lipinski definition) is 3. The Morgan fingerprint density at radius 2 is 1.85 bits per heavy atom. The van der Waals surface area contributed by atoms with Gasteiger partial charge in [-0.2, -0.15) is 0 Å². The van der Waals surface area contributed by atoms with Crippen molar-refractivity contribution >= 4 is 17.8 Å². The lowest BCUT2D eigenvalue weighted by atomic mass is 9.95. The number of nitrogens with zero attached hydrogens (tertiary/aromatic N) is 2. The van der Waals surface area contributed by atoms with Crippen molar-refractivity contribution in [2.24, 2.45) is 0 Å². The Labute approximate surface area is 162 Å². The first-order chi connectivity index (χ1) is 13.1. The van der Waals surface area contributed by atoms with Crippen molar-refractivity contribution < 1.29 is 9.59 Å². The van der Waals surface area contributed by atoms with Gasteiger partial charge in [0.05, 0.1) is 0 Å². The van der Waals surface area contributed by atoms with Crippen LogP contribution in [0.15, 0.2) is 18.3 Å². The molecule has 3 N–H and O–H groups in total. The predicted molar refractivity (Wildman–Crippen MR) is 108 cm³/mol. The highest BCUT2D eigenvalue weighted by Crippen LogP contribution is 2.17. The summed E-state index contributed by atoms with van der Waals surface area (Å²) in [5.74, 6) is 0.954. The molecule has 1 aromatic heterocycles. The van der Waals surface area contributed by atoms with Gasteiger partial charge in [-0.25, -0.2) is 9.78 Å². The van der Waals surface area contributed by atoms with Crippen LogP contribution in [0, 0.1) is 0 Å². The van der Waals surface area contributed by atoms with E-state index in [4.69, 9.17) is 0 Å². The summed E-state index contributed by atoms with van der Waals surface area (Å²) in [5.41, 5.74) is 0.941. The maximum atomic E-state index is 11.9. The van der Waals surface area contributed by atoms with Crippen LogP contribution in [0.4, 0.5) is 10.6 Å². The monoisotopic (exact) mass is 375 g/mol. The summed E-state index contributed by atoms with van der Waals surface area (Å²) in [6.45, 7) is 6.77. The Kier molecular flexibility index (Phi) is 8.87. The van der Waals surface area contributed by atoms with Crippen molar-refractivity contribution in [2.45, 2.75) is 65.0 Å². The van der Waals surface area contributed by atoms with E-state index in [1.807, 2.05) is 12.1 Å². The van der Waals surface area contributed by atoms with Gasteiger partial charge in [0.25, 0.3) is 0 Å². The molecule has 1 aliphatic rings. The van der Waals surface area contributed by atoms with Crippen molar-refractivity contribution in [3.63, 3.8) is 0 Å². The summed E-state index contributed by atoms with van der Waals surface area (Å²) in [5, 5.41) is 8.58. The van der Waals surface area contributed by atoms with E-state index in [0.29, 0.717) is 25.6 Å². The molecule has 2 rings (SSSR count). The van der Waals surface area contributed by atoms with Gasteiger partial charge in [-0.05, 0) is 38.3 Å². The molecule has 1 fully saturated rings. The average Bonchev–Trinajstić information content (AvgIpc) is 2.69. The number of nitrogens with one attached hydrogen (secondary N) is 3. The molecule has 1 heterocycles. The van der Waals surface area contributed by atoms with Crippen molar-refractivity contribution in [3.05, 3.63) is 23.9 Å². The summed E-state index contributed by atoms with van der Waals surface area (Å²) in [6, 6.07) is 3.98. The standard InChI is InChI=1S/C20H33N5O2/c1-3-25(4-2)18-11-10-16(14-22-18)15-23-20(27)21-13-12-19(26)24-17-8-6-5-7-9-17/h10-11,14,17H,3-9,12-13,15H2,1-2H3,(H,24,26)(H2,21,23,27). The van der Waals surface area contributed by atoms with E-state index in [1.54, 1.807) is 6.20 Å². The number of carbonyl (C=O) groups excluding carboxylic acids is 2. The fraction of sp³-hybridized carbons (Fsp3) is 0.650. The third-order valence-corrected chi connectivity index (χ3v) is 4.96. The quantitative estimate of drug-likeness (QED) is 0.619. The van der Waals surface area contributed by atoms with Gasteiger partial charge in [0.2, 0.25) is 5.91 Å². The highest BCUT2D eigenvalue weighted by molar-refractivity contribution is 5.78. The number of anilines is 1. The molecule has 0 unspecified atom stereocenters. The molecule has 1 aliphatic carbocycles. The first kappa shape index (κ1) is 21.0. The Morgan fingerprint density at radius 3 is 2.48 bits per heavy atom. The van der Waals surface area contributed by atoms with E-state index < -0.39 is 0 Å². The van der Waals surface area contributed by atoms with E-state index in [9.17, 15) is 9.59 Å². The number of hydrogen-bond acceptors (Lipinski definition) is 4. The van der Waals surface area contributed by atoms with E-state index in [1.165, 1.54) is 19.3 Å². The van der Waals surface area contributed by atoms with Gasteiger partial charge in [-0.1, -0.05) is 25.3 Å². The van der Waals surface area contributed by atoms with E-state index in [-0.39, 0.29) is 11.9 Å². The van der Waals surface area contributed by atoms with Gasteiger partial charge in [0.15, 0.2) is 0 Å². The van der Waals surface area contributed by atoms with Gasteiger partial charge in [-0.3, -0.25) is 4.79 Å². The van der Waals surface area contributed by atoms with Crippen LogP contribution >= 0.6 is 0 Å². The largest absolute Gasteiger partial charge is 0.357 e. The highest BCUT2D eigenvalue weighted by Gasteiger charge is 2.15. The fourth-order valence-corrected chi connectivity index (χ4v) is 3.34. The molecule has 0 bridgehead atoms. The molecule has 27 heavy (non-hydrogen) atoms. The Morgan fingerprint density at radius 1 is 1.11 bits per heavy atom. The van der Waals surface area contributed by atoms with E-state index in [0.717, 1.165) is 37.3 Å². The van der Waals surface area contributed by atoms with Crippen LogP contribution < -0.4 is 20.9 Å². The topological polar surface area (TPSA) is 86.4 Å². The van der Waals surface area contributed by atoms with Crippen LogP contribution in [0.25, 0.3) is 0 Å². The molecule has 1 aromatic rings. The molecule has 1 saturated carbocycles. The van der Waals surface area contributed by atoms with Crippen LogP contribution in [0.2, 0.25) is 0 Å². The second-order valence-corrected chi connectivity index (χ2v) is 6.96. The fourth-order valence-electron chi connectivity index (χ4n) is 3.34. The minimum atomic E-state index is -0.270. The minimum absolute atomic E-state index is 0.0124. The van der Waals surface area contributed by atoms with Gasteiger partial charge >= 0.3 is 6.03 Å². The Balaban J connectivity index is 1.62. The first-order valence-electron chi connectivity index (χ1n) is 10.1. The molecule has 3 amide bonds. The molecule has 0 atom stereocenters. The minimum Gasteiger partial charge on any atom is -0.357 e. The number of pyridine rings is 1. The normalized spacial score (nSPS) is 14.4. The third kappa shape index (κ3) is 7.45. The summed E-state index contributed by atoms with van der Waals surface area (Å²) >= 11 is 0. The van der Waals surface area contributed by atoms with E-state index in [2.05, 4.69) is 39.7 Å². The maximum Gasteiger partial charge on any atom is 0.315 e. The van der Waals surface area contributed by atoms with Crippen LogP contribution in [-0.2, 0) is 11.3 Å². The van der Waals surface area contributed by atoms with Gasteiger partial charge < -0.3 is 20.9 Å². The van der Waals surface area contributed by atoms with Gasteiger partial charge in [0, 0.05) is 44.8 Å². The molecule has 0 radical (unpaired) electrons. The molecule has 7 heteroatoms. The second kappa shape index (κ2) is 11.4. The molecular formula is C20H33N5O2. The second-order valence-electron chi connectivity index (χ2n) is 6.96. The van der Waals surface area contributed by atoms with Crippen LogP contribution in [0.5, 0.6) is 0 Å². The SMILES string of the molecule is CCN(CC)c1ccc(CNC(=O)NCCC(=O)NC2CCCCC2)cn1. The first-order valence-corrected chi connectivity index (χ1v) is 10.1. The third-order valence-electron chi connectivity index (χ3n) is 4.96. The smallest absolute Gasteiger partial charge is 0.315 e. The zero-order valence-electron chi connectivity index (χ0n) is 16.6. The maximum absolute atomic E-state index is 11.9. The predicted octanol–water partition coefficient (Wildman–Crippen LogP) is 2.57. The average molecular weight is 376 g/mol. The summed E-state index contributed by atoms with van der Waals surface area (Å²) in [7, 11) is 0. The molecule has 150 valence electrons.